The Morgan fingerprint density at radius 3 is 2.44 bits per heavy atom. The van der Waals surface area contributed by atoms with E-state index < -0.39 is 5.97 Å². The van der Waals surface area contributed by atoms with Crippen LogP contribution in [0.2, 0.25) is 0 Å². The van der Waals surface area contributed by atoms with Gasteiger partial charge in [0.25, 0.3) is 0 Å². The number of hydrogen-bond acceptors (Lipinski definition) is 8. The van der Waals surface area contributed by atoms with Gasteiger partial charge in [0.1, 0.15) is 6.07 Å². The van der Waals surface area contributed by atoms with Crippen molar-refractivity contribution in [3.8, 4) is 12.1 Å². The van der Waals surface area contributed by atoms with E-state index in [1.807, 2.05) is 44.2 Å². The fraction of sp³-hybridized carbons (Fsp3) is 0.233. The number of para-hydroxylation sites is 1. The van der Waals surface area contributed by atoms with E-state index in [0.717, 1.165) is 16.8 Å². The van der Waals surface area contributed by atoms with E-state index in [4.69, 9.17) is 4.98 Å². The van der Waals surface area contributed by atoms with Gasteiger partial charge in [0.2, 0.25) is 0 Å². The average Bonchev–Trinajstić information content (AvgIpc) is 2.96. The molecule has 4 aromatic rings. The highest BCUT2D eigenvalue weighted by atomic mass is 16.4. The number of carboxylic acids is 1. The number of benzene rings is 3. The maximum Gasteiger partial charge on any atom is 0.337 e. The van der Waals surface area contributed by atoms with Crippen LogP contribution >= 0.6 is 0 Å². The third kappa shape index (κ3) is 5.16. The van der Waals surface area contributed by atoms with E-state index in [1.54, 1.807) is 30.3 Å². The number of nitrogens with one attached hydrogen (secondary N) is 1. The molecule has 3 aromatic carbocycles. The molecule has 0 radical (unpaired) electrons. The standard InChI is InChI=1S/C30H27N7O2/c1-19-14-24(20(2)33-25-9-4-3-8-23(25)30(38)39)28-26(15-19)34-27(18-32)29(35-28)37-12-10-36(11-13-37)22-7-5-6-21(16-22)17-31/h3-9,14-16,20,33H,10-13H2,1-2H3,(H,38,39)/t20-/m1/s1. The number of hydrogen-bond donors (Lipinski definition) is 2. The quantitative estimate of drug-likeness (QED) is 0.367. The zero-order valence-corrected chi connectivity index (χ0v) is 21.7. The van der Waals surface area contributed by atoms with Gasteiger partial charge < -0.3 is 20.2 Å². The van der Waals surface area contributed by atoms with Crippen LogP contribution in [-0.4, -0.2) is 47.2 Å². The summed E-state index contributed by atoms with van der Waals surface area (Å²) in [7, 11) is 0. The Morgan fingerprint density at radius 1 is 0.974 bits per heavy atom. The maximum absolute atomic E-state index is 11.7. The van der Waals surface area contributed by atoms with Crippen molar-refractivity contribution in [1.29, 1.82) is 10.5 Å². The minimum Gasteiger partial charge on any atom is -0.478 e. The minimum absolute atomic E-state index is 0.193. The number of fused-ring (bicyclic) bond motifs is 1. The number of carboxylic acid groups (broad SMARTS) is 1. The minimum atomic E-state index is -1.00. The molecule has 1 saturated heterocycles. The van der Waals surface area contributed by atoms with Crippen LogP contribution in [0.25, 0.3) is 11.0 Å². The van der Waals surface area contributed by atoms with Gasteiger partial charge in [-0.1, -0.05) is 24.3 Å². The van der Waals surface area contributed by atoms with Crippen LogP contribution in [0.1, 0.15) is 45.7 Å². The zero-order chi connectivity index (χ0) is 27.5. The molecule has 9 nitrogen and oxygen atoms in total. The average molecular weight is 518 g/mol. The lowest BCUT2D eigenvalue weighted by Crippen LogP contribution is -2.47. The molecule has 1 atom stereocenters. The van der Waals surface area contributed by atoms with Crippen LogP contribution < -0.4 is 15.1 Å². The molecule has 0 amide bonds. The Labute approximate surface area is 226 Å². The second-order valence-corrected chi connectivity index (χ2v) is 9.58. The van der Waals surface area contributed by atoms with Gasteiger partial charge in [-0.05, 0) is 55.8 Å². The highest BCUT2D eigenvalue weighted by Crippen LogP contribution is 2.31. The SMILES string of the molecule is Cc1cc([C@@H](C)Nc2ccccc2C(=O)O)c2nc(N3CCN(c4cccc(C#N)c4)CC3)c(C#N)nc2c1. The van der Waals surface area contributed by atoms with Crippen molar-refractivity contribution in [1.82, 2.24) is 9.97 Å². The topological polar surface area (TPSA) is 129 Å². The molecule has 9 heteroatoms. The fourth-order valence-corrected chi connectivity index (χ4v) is 5.00. The Balaban J connectivity index is 1.47. The van der Waals surface area contributed by atoms with Gasteiger partial charge in [-0.25, -0.2) is 14.8 Å². The van der Waals surface area contributed by atoms with Crippen LogP contribution in [0.5, 0.6) is 0 Å². The second-order valence-electron chi connectivity index (χ2n) is 9.58. The summed E-state index contributed by atoms with van der Waals surface area (Å²) in [5.41, 5.74) is 5.74. The lowest BCUT2D eigenvalue weighted by molar-refractivity contribution is 0.0698. The van der Waals surface area contributed by atoms with Crippen molar-refractivity contribution in [3.05, 3.63) is 88.6 Å². The van der Waals surface area contributed by atoms with Crippen molar-refractivity contribution in [2.24, 2.45) is 0 Å². The summed E-state index contributed by atoms with van der Waals surface area (Å²) in [6.07, 6.45) is 0. The lowest BCUT2D eigenvalue weighted by Gasteiger charge is -2.37. The molecule has 0 saturated carbocycles. The van der Waals surface area contributed by atoms with Gasteiger partial charge in [0, 0.05) is 43.1 Å². The van der Waals surface area contributed by atoms with Crippen LogP contribution in [0.3, 0.4) is 0 Å². The van der Waals surface area contributed by atoms with Gasteiger partial charge in [-0.15, -0.1) is 0 Å². The molecule has 1 aliphatic rings. The number of anilines is 3. The summed E-state index contributed by atoms with van der Waals surface area (Å²) in [6.45, 7) is 6.64. The monoisotopic (exact) mass is 517 g/mol. The van der Waals surface area contributed by atoms with Crippen molar-refractivity contribution >= 4 is 34.2 Å². The van der Waals surface area contributed by atoms with Crippen LogP contribution in [0, 0.1) is 29.6 Å². The van der Waals surface area contributed by atoms with Gasteiger partial charge >= 0.3 is 5.97 Å². The van der Waals surface area contributed by atoms with Crippen LogP contribution in [0.4, 0.5) is 17.2 Å². The third-order valence-electron chi connectivity index (χ3n) is 6.95. The molecule has 1 aromatic heterocycles. The number of carbonyl (C=O) groups is 1. The molecule has 39 heavy (non-hydrogen) atoms. The van der Waals surface area contributed by atoms with E-state index >= 15 is 0 Å². The Bertz CT molecular complexity index is 1650. The first kappa shape index (κ1) is 25.5. The maximum atomic E-state index is 11.7. The second kappa shape index (κ2) is 10.7. The molecule has 2 heterocycles. The first-order chi connectivity index (χ1) is 18.9. The van der Waals surface area contributed by atoms with Gasteiger partial charge in [0.05, 0.1) is 34.3 Å². The van der Waals surface area contributed by atoms with Crippen LogP contribution in [-0.2, 0) is 0 Å². The summed E-state index contributed by atoms with van der Waals surface area (Å²) in [5.74, 6) is -0.461. The zero-order valence-electron chi connectivity index (χ0n) is 21.7. The van der Waals surface area contributed by atoms with E-state index in [2.05, 4.69) is 32.2 Å². The number of aryl methyl sites for hydroxylation is 1. The highest BCUT2D eigenvalue weighted by molar-refractivity contribution is 5.94. The molecule has 0 aliphatic carbocycles. The van der Waals surface area contributed by atoms with Crippen molar-refractivity contribution in [2.45, 2.75) is 19.9 Å². The molecule has 1 fully saturated rings. The first-order valence-corrected chi connectivity index (χ1v) is 12.7. The van der Waals surface area contributed by atoms with Gasteiger partial charge in [0.15, 0.2) is 11.5 Å². The number of piperazine rings is 1. The number of nitrogens with zero attached hydrogens (tertiary/aromatic N) is 6. The number of aromatic nitrogens is 2. The van der Waals surface area contributed by atoms with E-state index in [0.29, 0.717) is 54.3 Å². The Kier molecular flexibility index (Phi) is 6.98. The molecule has 2 N–H and O–H groups in total. The molecular formula is C30H27N7O2. The molecule has 5 rings (SSSR count). The fourth-order valence-electron chi connectivity index (χ4n) is 5.00. The normalized spacial score (nSPS) is 13.9. The summed E-state index contributed by atoms with van der Waals surface area (Å²) >= 11 is 0. The van der Waals surface area contributed by atoms with Crippen LogP contribution in [0.15, 0.2) is 60.7 Å². The highest BCUT2D eigenvalue weighted by Gasteiger charge is 2.24. The largest absolute Gasteiger partial charge is 0.478 e. The molecular weight excluding hydrogens is 490 g/mol. The summed E-state index contributed by atoms with van der Waals surface area (Å²) in [4.78, 5) is 25.7. The molecule has 194 valence electrons. The summed E-state index contributed by atoms with van der Waals surface area (Å²) in [5, 5.41) is 32.1. The van der Waals surface area contributed by atoms with Gasteiger partial charge in [-0.2, -0.15) is 10.5 Å². The van der Waals surface area contributed by atoms with E-state index in [1.165, 1.54) is 0 Å². The van der Waals surface area contributed by atoms with Crippen molar-refractivity contribution in [2.75, 3.05) is 41.3 Å². The molecule has 0 unspecified atom stereocenters. The Morgan fingerprint density at radius 2 is 1.72 bits per heavy atom. The number of nitriles is 2. The molecule has 0 bridgehead atoms. The van der Waals surface area contributed by atoms with Gasteiger partial charge in [-0.3, -0.25) is 0 Å². The van der Waals surface area contributed by atoms with Crippen molar-refractivity contribution < 1.29 is 9.90 Å². The molecule has 1 aliphatic heterocycles. The summed E-state index contributed by atoms with van der Waals surface area (Å²) < 4.78 is 0. The number of aromatic carboxylic acids is 1. The van der Waals surface area contributed by atoms with Crippen molar-refractivity contribution in [3.63, 3.8) is 0 Å². The first-order valence-electron chi connectivity index (χ1n) is 12.7. The predicted molar refractivity (Wildman–Crippen MR) is 150 cm³/mol. The lowest BCUT2D eigenvalue weighted by atomic mass is 10.0. The number of rotatable bonds is 6. The Hall–Kier alpha value is -5.15. The van der Waals surface area contributed by atoms with E-state index in [-0.39, 0.29) is 17.3 Å². The third-order valence-corrected chi connectivity index (χ3v) is 6.95. The predicted octanol–water partition coefficient (Wildman–Crippen LogP) is 4.88. The smallest absolute Gasteiger partial charge is 0.337 e. The van der Waals surface area contributed by atoms with E-state index in [9.17, 15) is 20.4 Å². The summed E-state index contributed by atoms with van der Waals surface area (Å²) in [6, 6.07) is 22.4. The molecule has 0 spiro atoms.